The van der Waals surface area contributed by atoms with Crippen LogP contribution in [0.25, 0.3) is 0 Å². The topological polar surface area (TPSA) is 17.8 Å². The van der Waals surface area contributed by atoms with Crippen molar-refractivity contribution >= 4 is 0 Å². The van der Waals surface area contributed by atoms with E-state index >= 15 is 0 Å². The van der Waals surface area contributed by atoms with Gasteiger partial charge in [-0.1, -0.05) is 13.8 Å². The molecule has 1 fully saturated rings. The van der Waals surface area contributed by atoms with Gasteiger partial charge in [-0.25, -0.2) is 0 Å². The smallest absolute Gasteiger partial charge is 0.0681 e. The molecule has 0 N–H and O–H groups in total. The number of hydrogen-bond acceptors (Lipinski definition) is 1. The average Bonchev–Trinajstić information content (AvgIpc) is 2.89. The molecular weight excluding hydrogens is 160 g/mol. The van der Waals surface area contributed by atoms with Crippen molar-refractivity contribution in [2.75, 3.05) is 0 Å². The largest absolute Gasteiger partial charge is 0.269 e. The van der Waals surface area contributed by atoms with Gasteiger partial charge in [0, 0.05) is 12.1 Å². The maximum Gasteiger partial charge on any atom is 0.0681 e. The number of aryl methyl sites for hydroxylation is 1. The zero-order valence-corrected chi connectivity index (χ0v) is 8.75. The van der Waals surface area contributed by atoms with Crippen LogP contribution >= 0.6 is 0 Å². The summed E-state index contributed by atoms with van der Waals surface area (Å²) in [7, 11) is 0. The molecule has 1 aliphatic rings. The van der Waals surface area contributed by atoms with E-state index in [1.54, 1.807) is 0 Å². The Bertz CT molecular complexity index is 297. The molecule has 0 saturated heterocycles. The van der Waals surface area contributed by atoms with Crippen molar-refractivity contribution < 1.29 is 0 Å². The molecule has 0 bridgehead atoms. The fourth-order valence-corrected chi connectivity index (χ4v) is 1.70. The molecule has 0 radical (unpaired) electrons. The molecule has 2 heteroatoms. The van der Waals surface area contributed by atoms with Gasteiger partial charge in [-0.3, -0.25) is 4.68 Å². The second-order valence-electron chi connectivity index (χ2n) is 4.22. The molecule has 2 rings (SSSR count). The van der Waals surface area contributed by atoms with E-state index in [4.69, 9.17) is 0 Å². The fourth-order valence-electron chi connectivity index (χ4n) is 1.70. The molecular formula is C11H18N2. The lowest BCUT2D eigenvalue weighted by Gasteiger charge is -2.04. The summed E-state index contributed by atoms with van der Waals surface area (Å²) in [4.78, 5) is 0. The Balaban J connectivity index is 2.24. The highest BCUT2D eigenvalue weighted by atomic mass is 15.3. The zero-order chi connectivity index (χ0) is 9.42. The lowest BCUT2D eigenvalue weighted by molar-refractivity contribution is 0.605. The van der Waals surface area contributed by atoms with E-state index < -0.39 is 0 Å². The average molecular weight is 178 g/mol. The molecule has 0 aromatic carbocycles. The molecule has 0 aliphatic heterocycles. The van der Waals surface area contributed by atoms with E-state index in [9.17, 15) is 0 Å². The number of hydrogen-bond donors (Lipinski definition) is 0. The summed E-state index contributed by atoms with van der Waals surface area (Å²) in [6.45, 7) is 6.65. The summed E-state index contributed by atoms with van der Waals surface area (Å²) in [5, 5.41) is 4.66. The summed E-state index contributed by atoms with van der Waals surface area (Å²) in [5.74, 6) is 0.611. The van der Waals surface area contributed by atoms with Crippen molar-refractivity contribution in [1.29, 1.82) is 0 Å². The van der Waals surface area contributed by atoms with Gasteiger partial charge in [0.2, 0.25) is 0 Å². The highest BCUT2D eigenvalue weighted by Gasteiger charge is 2.25. The van der Waals surface area contributed by atoms with Crippen LogP contribution in [0.4, 0.5) is 0 Å². The van der Waals surface area contributed by atoms with Crippen molar-refractivity contribution in [3.63, 3.8) is 0 Å². The third-order valence-corrected chi connectivity index (χ3v) is 2.95. The van der Waals surface area contributed by atoms with Crippen LogP contribution in [0.5, 0.6) is 0 Å². The Kier molecular flexibility index (Phi) is 2.14. The van der Waals surface area contributed by atoms with Gasteiger partial charge in [0.1, 0.15) is 0 Å². The first-order valence-corrected chi connectivity index (χ1v) is 5.28. The molecule has 1 saturated carbocycles. The number of aromatic nitrogens is 2. The summed E-state index contributed by atoms with van der Waals surface area (Å²) in [5.41, 5.74) is 2.66. The van der Waals surface area contributed by atoms with Gasteiger partial charge >= 0.3 is 0 Å². The Morgan fingerprint density at radius 1 is 1.62 bits per heavy atom. The molecule has 2 nitrogen and oxygen atoms in total. The monoisotopic (exact) mass is 178 g/mol. The van der Waals surface area contributed by atoms with Crippen molar-refractivity contribution in [3.05, 3.63) is 17.5 Å². The van der Waals surface area contributed by atoms with Crippen molar-refractivity contribution in [3.8, 4) is 0 Å². The van der Waals surface area contributed by atoms with Gasteiger partial charge < -0.3 is 0 Å². The first-order chi connectivity index (χ1) is 6.22. The van der Waals surface area contributed by atoms with Gasteiger partial charge in [0.15, 0.2) is 0 Å². The summed E-state index contributed by atoms with van der Waals surface area (Å²) in [6.07, 6.45) is 6.03. The molecule has 72 valence electrons. The highest BCUT2D eigenvalue weighted by Crippen LogP contribution is 2.35. The minimum atomic E-state index is 0.611. The minimum Gasteiger partial charge on any atom is -0.269 e. The van der Waals surface area contributed by atoms with Gasteiger partial charge in [0.25, 0.3) is 0 Å². The van der Waals surface area contributed by atoms with Crippen LogP contribution in [0, 0.1) is 6.92 Å². The van der Waals surface area contributed by atoms with E-state index in [1.165, 1.54) is 30.5 Å². The highest BCUT2D eigenvalue weighted by molar-refractivity contribution is 5.19. The Labute approximate surface area is 80.0 Å². The molecule has 1 atom stereocenters. The number of rotatable bonds is 3. The standard InChI is InChI=1S/C11H18N2/c1-4-8(2)11-9(3)7-13(12-11)10-5-6-10/h7-8,10H,4-6H2,1-3H3. The van der Waals surface area contributed by atoms with E-state index in [0.29, 0.717) is 5.92 Å². The molecule has 1 aromatic rings. The molecule has 1 heterocycles. The van der Waals surface area contributed by atoms with E-state index in [1.807, 2.05) is 0 Å². The Morgan fingerprint density at radius 2 is 2.31 bits per heavy atom. The van der Waals surface area contributed by atoms with Crippen molar-refractivity contribution in [2.45, 2.75) is 52.0 Å². The van der Waals surface area contributed by atoms with Crippen LogP contribution in [0.2, 0.25) is 0 Å². The normalized spacial score (nSPS) is 19.0. The van der Waals surface area contributed by atoms with Crippen LogP contribution in [0.1, 0.15) is 56.3 Å². The maximum atomic E-state index is 4.66. The molecule has 0 amide bonds. The molecule has 13 heavy (non-hydrogen) atoms. The van der Waals surface area contributed by atoms with Gasteiger partial charge in [-0.05, 0) is 31.7 Å². The Hall–Kier alpha value is -0.790. The van der Waals surface area contributed by atoms with Crippen LogP contribution in [0.3, 0.4) is 0 Å². The summed E-state index contributed by atoms with van der Waals surface area (Å²) < 4.78 is 2.16. The first-order valence-electron chi connectivity index (χ1n) is 5.28. The van der Waals surface area contributed by atoms with Crippen LogP contribution < -0.4 is 0 Å². The first kappa shape index (κ1) is 8.79. The Morgan fingerprint density at radius 3 is 2.85 bits per heavy atom. The third-order valence-electron chi connectivity index (χ3n) is 2.95. The predicted octanol–water partition coefficient (Wildman–Crippen LogP) is 3.04. The van der Waals surface area contributed by atoms with Crippen LogP contribution in [-0.2, 0) is 0 Å². The number of nitrogens with zero attached hydrogens (tertiary/aromatic N) is 2. The lowest BCUT2D eigenvalue weighted by Crippen LogP contribution is -1.98. The van der Waals surface area contributed by atoms with E-state index in [0.717, 1.165) is 6.04 Å². The minimum absolute atomic E-state index is 0.611. The SMILES string of the molecule is CCC(C)c1nn(C2CC2)cc1C. The van der Waals surface area contributed by atoms with Gasteiger partial charge in [-0.15, -0.1) is 0 Å². The van der Waals surface area contributed by atoms with Crippen LogP contribution in [-0.4, -0.2) is 9.78 Å². The molecule has 0 spiro atoms. The maximum absolute atomic E-state index is 4.66. The van der Waals surface area contributed by atoms with Crippen LogP contribution in [0.15, 0.2) is 6.20 Å². The fraction of sp³-hybridized carbons (Fsp3) is 0.727. The van der Waals surface area contributed by atoms with Crippen molar-refractivity contribution in [1.82, 2.24) is 9.78 Å². The zero-order valence-electron chi connectivity index (χ0n) is 8.75. The van der Waals surface area contributed by atoms with Gasteiger partial charge in [-0.2, -0.15) is 5.10 Å². The quantitative estimate of drug-likeness (QED) is 0.695. The summed E-state index contributed by atoms with van der Waals surface area (Å²) >= 11 is 0. The molecule has 1 unspecified atom stereocenters. The predicted molar refractivity (Wildman–Crippen MR) is 53.9 cm³/mol. The summed E-state index contributed by atoms with van der Waals surface area (Å²) in [6, 6.07) is 0.719. The molecule has 1 aromatic heterocycles. The van der Waals surface area contributed by atoms with Gasteiger partial charge in [0.05, 0.1) is 11.7 Å². The molecule has 1 aliphatic carbocycles. The second kappa shape index (κ2) is 3.17. The second-order valence-corrected chi connectivity index (χ2v) is 4.22. The van der Waals surface area contributed by atoms with Crippen molar-refractivity contribution in [2.24, 2.45) is 0 Å². The van der Waals surface area contributed by atoms with E-state index in [2.05, 4.69) is 36.7 Å². The third kappa shape index (κ3) is 1.62. The lowest BCUT2D eigenvalue weighted by atomic mass is 10.0. The van der Waals surface area contributed by atoms with E-state index in [-0.39, 0.29) is 0 Å².